The lowest BCUT2D eigenvalue weighted by molar-refractivity contribution is -0.144. The quantitative estimate of drug-likeness (QED) is 0.0188. The summed E-state index contributed by atoms with van der Waals surface area (Å²) in [4.78, 5) is 130. The van der Waals surface area contributed by atoms with Gasteiger partial charge < -0.3 is 117 Å². The zero-order chi connectivity index (χ0) is 72.7. The van der Waals surface area contributed by atoms with Crippen molar-refractivity contribution in [1.82, 2.24) is 66.0 Å². The molecule has 99 heavy (non-hydrogen) atoms. The van der Waals surface area contributed by atoms with Gasteiger partial charge in [0.2, 0.25) is 35.4 Å². The highest BCUT2D eigenvalue weighted by atomic mass is 16.5. The highest BCUT2D eigenvalue weighted by Crippen LogP contribution is 2.27. The van der Waals surface area contributed by atoms with Gasteiger partial charge in [0.05, 0.1) is 63.1 Å². The summed E-state index contributed by atoms with van der Waals surface area (Å²) >= 11 is 0. The summed E-state index contributed by atoms with van der Waals surface area (Å²) in [5.41, 5.74) is 3.18. The topological polar surface area (TPSA) is 468 Å². The van der Waals surface area contributed by atoms with Crippen LogP contribution < -0.4 is 31.9 Å². The van der Waals surface area contributed by atoms with E-state index >= 15 is 0 Å². The molecular weight excluding hydrogens is 1290 g/mol. The van der Waals surface area contributed by atoms with Crippen LogP contribution in [0.15, 0.2) is 42.5 Å². The number of carbonyl (C=O) groups excluding carboxylic acids is 8. The molecular formula is C66H108N14O19. The zero-order valence-corrected chi connectivity index (χ0v) is 57.7. The third-order valence-corrected chi connectivity index (χ3v) is 18.0. The van der Waals surface area contributed by atoms with E-state index in [1.807, 2.05) is 29.2 Å². The van der Waals surface area contributed by atoms with Crippen LogP contribution in [0.4, 0.5) is 5.69 Å². The number of aliphatic hydroxyl groups is 10. The molecule has 556 valence electrons. The minimum atomic E-state index is -2.00. The van der Waals surface area contributed by atoms with Gasteiger partial charge in [0.25, 0.3) is 5.91 Å². The molecule has 11 atom stereocenters. The first-order chi connectivity index (χ1) is 47.3. The third-order valence-electron chi connectivity index (χ3n) is 18.0. The molecule has 1 fully saturated rings. The lowest BCUT2D eigenvalue weighted by Gasteiger charge is -2.33. The summed E-state index contributed by atoms with van der Waals surface area (Å²) < 4.78 is 4.92. The maximum Gasteiger partial charge on any atom is 0.308 e. The fourth-order valence-electron chi connectivity index (χ4n) is 11.5. The van der Waals surface area contributed by atoms with Gasteiger partial charge in [-0.1, -0.05) is 45.7 Å². The largest absolute Gasteiger partial charge is 0.469 e. The van der Waals surface area contributed by atoms with Gasteiger partial charge in [-0.2, -0.15) is 0 Å². The van der Waals surface area contributed by atoms with E-state index in [2.05, 4.69) is 77.3 Å². The third kappa shape index (κ3) is 27.1. The number of H-pyrrole nitrogens is 1. The number of aliphatic hydroxyl groups excluding tert-OH is 10. The Morgan fingerprint density at radius 2 is 1.15 bits per heavy atom. The van der Waals surface area contributed by atoms with Crippen molar-refractivity contribution in [3.8, 4) is 0 Å². The number of nitrogens with one attached hydrogen (secondary N) is 7. The molecule has 7 amide bonds. The Kier molecular flexibility index (Phi) is 35.8. The second-order valence-corrected chi connectivity index (χ2v) is 25.2. The number of esters is 1. The monoisotopic (exact) mass is 1400 g/mol. The van der Waals surface area contributed by atoms with Gasteiger partial charge in [-0.05, 0) is 81.2 Å². The number of methoxy groups -OCH3 is 1. The Balaban J connectivity index is 1.29. The summed E-state index contributed by atoms with van der Waals surface area (Å²) in [7, 11) is 2.89. The molecule has 0 saturated carbocycles. The summed E-state index contributed by atoms with van der Waals surface area (Å²) in [6.45, 7) is 11.6. The van der Waals surface area contributed by atoms with E-state index in [1.54, 1.807) is 30.1 Å². The molecule has 2 aliphatic heterocycles. The van der Waals surface area contributed by atoms with Gasteiger partial charge in [0.1, 0.15) is 60.6 Å². The SMILES string of the molecule is CCN1CCN(CC)CCN(CC(=O)N[C@@H](CCC(=O)NC[C@@H](O)[C@H](O)[C@H](O)[C@@H](O)CO)C(=O)N[C@@H](CCC(=O)NC[C@@H](O)[C@H](O)[C@H](O)[C@@H](O)CO)C(=O)NCCCCCCN2Cc3cc(C(=O)N(C)Cc4nc5ccccc5[nH]4)ccc3NC(CC(=O)OC)C2=O)CCN(CC)CC1. The molecule has 0 spiro atoms. The fraction of sp³-hybridized carbons (Fsp3) is 0.682. The van der Waals surface area contributed by atoms with E-state index in [0.29, 0.717) is 74.5 Å². The predicted molar refractivity (Wildman–Crippen MR) is 363 cm³/mol. The Hall–Kier alpha value is -7.09. The molecule has 1 aromatic heterocycles. The number of hydrogen-bond donors (Lipinski definition) is 17. The maximum absolute atomic E-state index is 14.6. The van der Waals surface area contributed by atoms with Crippen LogP contribution >= 0.6 is 0 Å². The first-order valence-electron chi connectivity index (χ1n) is 34.2. The predicted octanol–water partition coefficient (Wildman–Crippen LogP) is -4.89. The lowest BCUT2D eigenvalue weighted by Crippen LogP contribution is -2.55. The Morgan fingerprint density at radius 3 is 1.68 bits per heavy atom. The van der Waals surface area contributed by atoms with E-state index in [1.165, 1.54) is 12.0 Å². The Labute approximate surface area is 577 Å². The number of para-hydroxylation sites is 2. The number of unbranched alkanes of at least 4 members (excludes halogenated alkanes) is 3. The molecule has 33 nitrogen and oxygen atoms in total. The highest BCUT2D eigenvalue weighted by Gasteiger charge is 2.35. The van der Waals surface area contributed by atoms with Crippen molar-refractivity contribution in [1.29, 1.82) is 0 Å². The van der Waals surface area contributed by atoms with Crippen molar-refractivity contribution >= 4 is 64.0 Å². The average Bonchev–Trinajstić information content (AvgIpc) is 1.69. The normalized spacial score (nSPS) is 18.6. The molecule has 3 heterocycles. The second-order valence-electron chi connectivity index (χ2n) is 25.2. The number of likely N-dealkylation sites (N-methyl/N-ethyl adjacent to an activating group) is 3. The van der Waals surface area contributed by atoms with Gasteiger partial charge in [-0.3, -0.25) is 43.3 Å². The number of benzene rings is 2. The van der Waals surface area contributed by atoms with Crippen LogP contribution in [0, 0.1) is 0 Å². The van der Waals surface area contributed by atoms with Gasteiger partial charge in [0.15, 0.2) is 0 Å². The molecule has 0 aliphatic carbocycles. The van der Waals surface area contributed by atoms with Crippen LogP contribution in [0.5, 0.6) is 0 Å². The minimum Gasteiger partial charge on any atom is -0.469 e. The molecule has 17 N–H and O–H groups in total. The second kappa shape index (κ2) is 42.9. The molecule has 2 aromatic carbocycles. The van der Waals surface area contributed by atoms with Crippen molar-refractivity contribution < 1.29 is 94.2 Å². The number of aromatic amines is 1. The number of anilines is 1. The fourth-order valence-corrected chi connectivity index (χ4v) is 11.5. The van der Waals surface area contributed by atoms with Gasteiger partial charge in [-0.15, -0.1) is 0 Å². The Bertz CT molecular complexity index is 2970. The summed E-state index contributed by atoms with van der Waals surface area (Å²) in [6.07, 6.45) is -15.2. The Morgan fingerprint density at radius 1 is 0.636 bits per heavy atom. The minimum absolute atomic E-state index is 0.0563. The number of aromatic nitrogens is 2. The maximum atomic E-state index is 14.6. The standard InChI is InChI=1S/C66H108N14O19/c1-6-76-25-27-77(7-2)29-31-79(32-30-78(8-3)28-26-76)39-57(89)73-48(20-22-56(88)69-36-51(84)60(92)62(94)53(86)41-82)64(96)74-47(19-21-55(87)68-35-50(83)59(91)61(93)52(85)40-81)63(95)67-23-13-9-10-14-24-80-37-43-33-42(17-18-44(43)70-49(66(80)98)34-58(90)99-5)65(97)75(4)38-54-71-45-15-11-12-16-46(45)72-54/h11-12,15-18,33,47-53,59-62,70,81-86,91-94H,6-10,13-14,19-32,34-41H2,1-5H3,(H,67,95)(H,68,87)(H,69,88)(H,71,72)(H,73,89)(H,74,96)/t47-,48-,49?,50+,51+,52-,53-,59-,60-,61+,62+/m0/s1. The van der Waals surface area contributed by atoms with Gasteiger partial charge in [0, 0.05) is 116 Å². The first kappa shape index (κ1) is 82.6. The van der Waals surface area contributed by atoms with Crippen LogP contribution in [0.3, 0.4) is 0 Å². The van der Waals surface area contributed by atoms with Crippen molar-refractivity contribution in [2.75, 3.05) is 137 Å². The van der Waals surface area contributed by atoms with Crippen molar-refractivity contribution in [2.24, 2.45) is 0 Å². The molecule has 2 aliphatic rings. The number of carbonyl (C=O) groups is 8. The molecule has 5 rings (SSSR count). The molecule has 3 aromatic rings. The smallest absolute Gasteiger partial charge is 0.308 e. The lowest BCUT2D eigenvalue weighted by atomic mass is 10.0. The van der Waals surface area contributed by atoms with Crippen LogP contribution in [0.2, 0.25) is 0 Å². The van der Waals surface area contributed by atoms with E-state index in [4.69, 9.17) is 4.74 Å². The number of nitrogens with zero attached hydrogens (tertiary/aromatic N) is 7. The van der Waals surface area contributed by atoms with Crippen LogP contribution in [0.1, 0.15) is 100 Å². The highest BCUT2D eigenvalue weighted by molar-refractivity contribution is 5.96. The van der Waals surface area contributed by atoms with Crippen LogP contribution in [-0.2, 0) is 51.4 Å². The molecule has 0 radical (unpaired) electrons. The van der Waals surface area contributed by atoms with E-state index in [9.17, 15) is 89.4 Å². The molecule has 0 bridgehead atoms. The number of rotatable bonds is 39. The van der Waals surface area contributed by atoms with Crippen molar-refractivity contribution in [3.05, 3.63) is 59.4 Å². The molecule has 1 unspecified atom stereocenters. The summed E-state index contributed by atoms with van der Waals surface area (Å²) in [6, 6.07) is 8.62. The average molecular weight is 1400 g/mol. The zero-order valence-electron chi connectivity index (χ0n) is 57.7. The van der Waals surface area contributed by atoms with Crippen LogP contribution in [-0.4, -0.2) is 337 Å². The van der Waals surface area contributed by atoms with Gasteiger partial charge in [-0.25, -0.2) is 4.98 Å². The van der Waals surface area contributed by atoms with Crippen molar-refractivity contribution in [2.45, 2.75) is 159 Å². The molecule has 1 saturated heterocycles. The summed E-state index contributed by atoms with van der Waals surface area (Å²) in [5, 5.41) is 116. The number of amides is 7. The van der Waals surface area contributed by atoms with Crippen LogP contribution in [0.25, 0.3) is 11.0 Å². The van der Waals surface area contributed by atoms with E-state index in [0.717, 1.165) is 56.8 Å². The first-order valence-corrected chi connectivity index (χ1v) is 34.2. The number of imidazole rings is 1. The number of hydrogen-bond acceptors (Lipinski definition) is 25. The summed E-state index contributed by atoms with van der Waals surface area (Å²) in [5.74, 6) is -4.51. The molecule has 33 heteroatoms. The van der Waals surface area contributed by atoms with Gasteiger partial charge >= 0.3 is 5.97 Å². The van der Waals surface area contributed by atoms with E-state index in [-0.39, 0.29) is 63.8 Å². The van der Waals surface area contributed by atoms with Crippen molar-refractivity contribution in [3.63, 3.8) is 0 Å². The number of ether oxygens (including phenoxy) is 1. The van der Waals surface area contributed by atoms with E-state index < -0.39 is 142 Å². The number of fused-ring (bicyclic) bond motifs is 2.